The van der Waals surface area contributed by atoms with Crippen LogP contribution in [0.3, 0.4) is 0 Å². The van der Waals surface area contributed by atoms with E-state index in [1.165, 1.54) is 38.5 Å². The van der Waals surface area contributed by atoms with Gasteiger partial charge in [-0.2, -0.15) is 0 Å². The highest BCUT2D eigenvalue weighted by molar-refractivity contribution is 5.77. The molecular weight excluding hydrogens is 391 g/mol. The lowest BCUT2D eigenvalue weighted by molar-refractivity contribution is -0.140. The van der Waals surface area contributed by atoms with E-state index >= 15 is 0 Å². The molecule has 0 aliphatic rings. The van der Waals surface area contributed by atoms with Crippen LogP contribution in [0.4, 0.5) is 4.39 Å². The lowest BCUT2D eigenvalue weighted by atomic mass is 10.1. The molecule has 2 aromatic carbocycles. The number of carbonyl (C=O) groups is 1. The fourth-order valence-electron chi connectivity index (χ4n) is 3.40. The molecular formula is C27H37FO3. The Balaban J connectivity index is 1.76. The molecule has 3 nitrogen and oxygen atoms in total. The smallest absolute Gasteiger partial charge is 0.346 e. The molecule has 0 N–H and O–H groups in total. The molecule has 0 aliphatic carbocycles. The van der Waals surface area contributed by atoms with Crippen LogP contribution in [0.1, 0.15) is 72.1 Å². The zero-order valence-electron chi connectivity index (χ0n) is 19.2. The van der Waals surface area contributed by atoms with Crippen LogP contribution in [-0.2, 0) is 4.79 Å². The zero-order valence-corrected chi connectivity index (χ0v) is 19.2. The van der Waals surface area contributed by atoms with E-state index in [1.54, 1.807) is 12.1 Å². The Labute approximate surface area is 187 Å². The molecule has 2 rings (SSSR count). The van der Waals surface area contributed by atoms with E-state index in [9.17, 15) is 9.18 Å². The van der Waals surface area contributed by atoms with Gasteiger partial charge in [0.15, 0.2) is 6.17 Å². The van der Waals surface area contributed by atoms with E-state index in [0.29, 0.717) is 5.75 Å². The molecule has 0 saturated heterocycles. The van der Waals surface area contributed by atoms with E-state index in [1.807, 2.05) is 50.2 Å². The molecule has 4 heteroatoms. The predicted octanol–water partition coefficient (Wildman–Crippen LogP) is 7.77. The van der Waals surface area contributed by atoms with Gasteiger partial charge < -0.3 is 9.47 Å². The highest BCUT2D eigenvalue weighted by Gasteiger charge is 2.20. The van der Waals surface area contributed by atoms with Gasteiger partial charge in [-0.25, -0.2) is 9.18 Å². The molecule has 1 atom stereocenters. The normalized spacial score (nSPS) is 12.0. The Morgan fingerprint density at radius 3 is 1.87 bits per heavy atom. The van der Waals surface area contributed by atoms with Crippen LogP contribution < -0.4 is 9.47 Å². The SMILES string of the molecule is CCCCCCCCCOc1ccc(-c2ccc(OC(=O)C(F)CC(C)C)cc2)cc1. The van der Waals surface area contributed by atoms with Crippen LogP contribution >= 0.6 is 0 Å². The summed E-state index contributed by atoms with van der Waals surface area (Å²) in [5.74, 6) is 0.505. The number of hydrogen-bond acceptors (Lipinski definition) is 3. The average molecular weight is 429 g/mol. The summed E-state index contributed by atoms with van der Waals surface area (Å²) < 4.78 is 24.8. The Bertz CT molecular complexity index is 753. The van der Waals surface area contributed by atoms with E-state index in [2.05, 4.69) is 6.92 Å². The molecule has 2 aromatic rings. The monoisotopic (exact) mass is 428 g/mol. The Hall–Kier alpha value is -2.36. The minimum atomic E-state index is -1.59. The summed E-state index contributed by atoms with van der Waals surface area (Å²) >= 11 is 0. The fourth-order valence-corrected chi connectivity index (χ4v) is 3.40. The third-order valence-electron chi connectivity index (χ3n) is 5.21. The van der Waals surface area contributed by atoms with Gasteiger partial charge in [-0.15, -0.1) is 0 Å². The first kappa shape index (κ1) is 24.9. The van der Waals surface area contributed by atoms with Crippen molar-refractivity contribution in [1.29, 1.82) is 0 Å². The second-order valence-electron chi connectivity index (χ2n) is 8.54. The molecule has 0 bridgehead atoms. The van der Waals surface area contributed by atoms with Crippen molar-refractivity contribution in [1.82, 2.24) is 0 Å². The van der Waals surface area contributed by atoms with Crippen molar-refractivity contribution in [2.24, 2.45) is 5.92 Å². The van der Waals surface area contributed by atoms with Gasteiger partial charge >= 0.3 is 5.97 Å². The molecule has 0 aliphatic heterocycles. The molecule has 0 heterocycles. The van der Waals surface area contributed by atoms with Crippen molar-refractivity contribution < 1.29 is 18.7 Å². The van der Waals surface area contributed by atoms with E-state index in [0.717, 1.165) is 29.9 Å². The number of ether oxygens (including phenoxy) is 2. The van der Waals surface area contributed by atoms with Crippen molar-refractivity contribution in [3.8, 4) is 22.6 Å². The third kappa shape index (κ3) is 9.54. The minimum absolute atomic E-state index is 0.104. The lowest BCUT2D eigenvalue weighted by Gasteiger charge is -2.11. The topological polar surface area (TPSA) is 35.5 Å². The minimum Gasteiger partial charge on any atom is -0.494 e. The number of benzene rings is 2. The summed E-state index contributed by atoms with van der Waals surface area (Å²) in [4.78, 5) is 11.8. The molecule has 170 valence electrons. The first-order valence-electron chi connectivity index (χ1n) is 11.7. The molecule has 0 saturated carbocycles. The number of rotatable bonds is 14. The summed E-state index contributed by atoms with van der Waals surface area (Å²) in [6.45, 7) is 6.74. The number of hydrogen-bond donors (Lipinski definition) is 0. The van der Waals surface area contributed by atoms with Gasteiger partial charge in [-0.1, -0.05) is 83.6 Å². The standard InChI is InChI=1S/C27H37FO3/c1-4-5-6-7-8-9-10-19-30-24-15-11-22(12-16-24)23-13-17-25(18-14-23)31-27(29)26(28)20-21(2)3/h11-18,21,26H,4-10,19-20H2,1-3H3. The lowest BCUT2D eigenvalue weighted by Crippen LogP contribution is -2.23. The molecule has 1 unspecified atom stereocenters. The number of halogens is 1. The van der Waals surface area contributed by atoms with Gasteiger partial charge in [0.1, 0.15) is 11.5 Å². The van der Waals surface area contributed by atoms with Crippen LogP contribution in [0.2, 0.25) is 0 Å². The quantitative estimate of drug-likeness (QED) is 0.175. The van der Waals surface area contributed by atoms with Crippen molar-refractivity contribution in [3.05, 3.63) is 48.5 Å². The maximum Gasteiger partial charge on any atom is 0.346 e. The van der Waals surface area contributed by atoms with E-state index in [4.69, 9.17) is 9.47 Å². The fraction of sp³-hybridized carbons (Fsp3) is 0.519. The molecule has 0 spiro atoms. The largest absolute Gasteiger partial charge is 0.494 e. The summed E-state index contributed by atoms with van der Waals surface area (Å²) in [5, 5.41) is 0. The number of alkyl halides is 1. The zero-order chi connectivity index (χ0) is 22.5. The van der Waals surface area contributed by atoms with Gasteiger partial charge in [0.25, 0.3) is 0 Å². The Morgan fingerprint density at radius 1 is 0.806 bits per heavy atom. The van der Waals surface area contributed by atoms with Crippen LogP contribution in [-0.4, -0.2) is 18.7 Å². The van der Waals surface area contributed by atoms with Gasteiger partial charge in [-0.3, -0.25) is 0 Å². The number of carbonyl (C=O) groups excluding carboxylic acids is 1. The molecule has 0 amide bonds. The Morgan fingerprint density at radius 2 is 1.32 bits per heavy atom. The van der Waals surface area contributed by atoms with Gasteiger partial charge in [-0.05, 0) is 54.2 Å². The van der Waals surface area contributed by atoms with E-state index < -0.39 is 12.1 Å². The maximum absolute atomic E-state index is 13.8. The van der Waals surface area contributed by atoms with Crippen molar-refractivity contribution in [3.63, 3.8) is 0 Å². The van der Waals surface area contributed by atoms with Crippen LogP contribution in [0, 0.1) is 5.92 Å². The van der Waals surface area contributed by atoms with Gasteiger partial charge in [0.2, 0.25) is 0 Å². The predicted molar refractivity (Wildman–Crippen MR) is 125 cm³/mol. The average Bonchev–Trinajstić information content (AvgIpc) is 2.76. The second-order valence-corrected chi connectivity index (χ2v) is 8.54. The Kier molecular flexibility index (Phi) is 11.1. The summed E-state index contributed by atoms with van der Waals surface area (Å²) in [5.41, 5.74) is 2.04. The molecule has 0 fully saturated rings. The molecule has 31 heavy (non-hydrogen) atoms. The van der Waals surface area contributed by atoms with Gasteiger partial charge in [0.05, 0.1) is 6.61 Å². The molecule has 0 aromatic heterocycles. The highest BCUT2D eigenvalue weighted by atomic mass is 19.1. The third-order valence-corrected chi connectivity index (χ3v) is 5.21. The van der Waals surface area contributed by atoms with Crippen molar-refractivity contribution in [2.45, 2.75) is 78.3 Å². The number of esters is 1. The number of unbranched alkanes of at least 4 members (excludes halogenated alkanes) is 6. The van der Waals surface area contributed by atoms with Crippen LogP contribution in [0.15, 0.2) is 48.5 Å². The second kappa shape index (κ2) is 13.8. The van der Waals surface area contributed by atoms with E-state index in [-0.39, 0.29) is 12.3 Å². The van der Waals surface area contributed by atoms with Crippen LogP contribution in [0.25, 0.3) is 11.1 Å². The summed E-state index contributed by atoms with van der Waals surface area (Å²) in [6, 6.07) is 15.1. The summed E-state index contributed by atoms with van der Waals surface area (Å²) in [6.07, 6.45) is 7.48. The summed E-state index contributed by atoms with van der Waals surface area (Å²) in [7, 11) is 0. The van der Waals surface area contributed by atoms with Crippen molar-refractivity contribution in [2.75, 3.05) is 6.61 Å². The molecule has 0 radical (unpaired) electrons. The first-order valence-corrected chi connectivity index (χ1v) is 11.7. The van der Waals surface area contributed by atoms with Gasteiger partial charge in [0, 0.05) is 0 Å². The first-order chi connectivity index (χ1) is 15.0. The van der Waals surface area contributed by atoms with Crippen LogP contribution in [0.5, 0.6) is 11.5 Å². The maximum atomic E-state index is 13.8. The van der Waals surface area contributed by atoms with Crippen molar-refractivity contribution >= 4 is 5.97 Å². The highest BCUT2D eigenvalue weighted by Crippen LogP contribution is 2.25.